The van der Waals surface area contributed by atoms with E-state index in [2.05, 4.69) is 11.1 Å². The number of para-hydroxylation sites is 1. The van der Waals surface area contributed by atoms with Crippen LogP contribution in [-0.4, -0.2) is 34.6 Å². The highest BCUT2D eigenvalue weighted by molar-refractivity contribution is 5.82. The van der Waals surface area contributed by atoms with E-state index in [0.29, 0.717) is 6.54 Å². The Morgan fingerprint density at radius 2 is 2.17 bits per heavy atom. The summed E-state index contributed by atoms with van der Waals surface area (Å²) < 4.78 is 0. The summed E-state index contributed by atoms with van der Waals surface area (Å²) >= 11 is 0. The zero-order valence-corrected chi connectivity index (χ0v) is 10.7. The third-order valence-corrected chi connectivity index (χ3v) is 3.12. The SMILES string of the molecule is CC(CN(C)Cc1c[nH]c2ccccc12)C(=O)O. The second kappa shape index (κ2) is 5.23. The van der Waals surface area contributed by atoms with Gasteiger partial charge in [0.2, 0.25) is 0 Å². The van der Waals surface area contributed by atoms with Crippen LogP contribution in [0.3, 0.4) is 0 Å². The number of aromatic amines is 1. The lowest BCUT2D eigenvalue weighted by atomic mass is 10.1. The molecule has 1 atom stereocenters. The van der Waals surface area contributed by atoms with Gasteiger partial charge in [0.15, 0.2) is 0 Å². The fourth-order valence-electron chi connectivity index (χ4n) is 2.16. The summed E-state index contributed by atoms with van der Waals surface area (Å²) in [5.41, 5.74) is 2.32. The van der Waals surface area contributed by atoms with E-state index in [-0.39, 0.29) is 5.92 Å². The molecule has 2 rings (SSSR count). The summed E-state index contributed by atoms with van der Waals surface area (Å²) in [6.07, 6.45) is 1.99. The molecule has 0 bridgehead atoms. The van der Waals surface area contributed by atoms with Crippen LogP contribution in [0.4, 0.5) is 0 Å². The Labute approximate surface area is 106 Å². The van der Waals surface area contributed by atoms with Crippen molar-refractivity contribution in [1.82, 2.24) is 9.88 Å². The highest BCUT2D eigenvalue weighted by atomic mass is 16.4. The predicted molar refractivity (Wildman–Crippen MR) is 71.4 cm³/mol. The molecular weight excluding hydrogens is 228 g/mol. The van der Waals surface area contributed by atoms with Crippen LogP contribution in [0.1, 0.15) is 12.5 Å². The Morgan fingerprint density at radius 3 is 2.89 bits per heavy atom. The Bertz CT molecular complexity index is 547. The molecule has 1 unspecified atom stereocenters. The molecule has 0 saturated heterocycles. The van der Waals surface area contributed by atoms with Crippen LogP contribution in [0.2, 0.25) is 0 Å². The van der Waals surface area contributed by atoms with Gasteiger partial charge in [-0.2, -0.15) is 0 Å². The lowest BCUT2D eigenvalue weighted by Crippen LogP contribution is -2.28. The normalized spacial score (nSPS) is 13.1. The number of rotatable bonds is 5. The summed E-state index contributed by atoms with van der Waals surface area (Å²) in [4.78, 5) is 16.1. The molecule has 0 aliphatic carbocycles. The number of aliphatic carboxylic acids is 1. The van der Waals surface area contributed by atoms with Crippen molar-refractivity contribution >= 4 is 16.9 Å². The van der Waals surface area contributed by atoms with Gasteiger partial charge in [-0.3, -0.25) is 4.79 Å². The largest absolute Gasteiger partial charge is 0.481 e. The number of aromatic nitrogens is 1. The highest BCUT2D eigenvalue weighted by Gasteiger charge is 2.14. The fourth-order valence-corrected chi connectivity index (χ4v) is 2.16. The standard InChI is InChI=1S/C14H18N2O2/c1-10(14(17)18)8-16(2)9-11-7-15-13-6-4-3-5-12(11)13/h3-7,10,15H,8-9H2,1-2H3,(H,17,18). The number of benzene rings is 1. The van der Waals surface area contributed by atoms with Crippen LogP contribution in [0.5, 0.6) is 0 Å². The first-order valence-corrected chi connectivity index (χ1v) is 6.04. The number of nitrogens with one attached hydrogen (secondary N) is 1. The average molecular weight is 246 g/mol. The number of carboxylic acids is 1. The Balaban J connectivity index is 2.07. The van der Waals surface area contributed by atoms with Gasteiger partial charge < -0.3 is 15.0 Å². The van der Waals surface area contributed by atoms with E-state index in [1.807, 2.05) is 36.3 Å². The summed E-state index contributed by atoms with van der Waals surface area (Å²) in [7, 11) is 1.95. The maximum atomic E-state index is 10.8. The maximum absolute atomic E-state index is 10.8. The van der Waals surface area contributed by atoms with Crippen LogP contribution in [0.15, 0.2) is 30.5 Å². The minimum absolute atomic E-state index is 0.347. The lowest BCUT2D eigenvalue weighted by molar-refractivity contribution is -0.141. The molecule has 4 nitrogen and oxygen atoms in total. The summed E-state index contributed by atoms with van der Waals surface area (Å²) in [5, 5.41) is 10.1. The van der Waals surface area contributed by atoms with Crippen molar-refractivity contribution in [3.8, 4) is 0 Å². The molecule has 0 amide bonds. The van der Waals surface area contributed by atoms with E-state index in [0.717, 1.165) is 12.1 Å². The van der Waals surface area contributed by atoms with Crippen LogP contribution >= 0.6 is 0 Å². The second-order valence-electron chi connectivity index (χ2n) is 4.80. The van der Waals surface area contributed by atoms with Gasteiger partial charge in [0.1, 0.15) is 0 Å². The van der Waals surface area contributed by atoms with Crippen molar-refractivity contribution in [2.75, 3.05) is 13.6 Å². The average Bonchev–Trinajstić information content (AvgIpc) is 2.72. The van der Waals surface area contributed by atoms with Crippen molar-refractivity contribution in [2.45, 2.75) is 13.5 Å². The Hall–Kier alpha value is -1.81. The molecular formula is C14H18N2O2. The Morgan fingerprint density at radius 1 is 1.44 bits per heavy atom. The lowest BCUT2D eigenvalue weighted by Gasteiger charge is -2.18. The number of hydrogen-bond donors (Lipinski definition) is 2. The summed E-state index contributed by atoms with van der Waals surface area (Å²) in [5.74, 6) is -1.10. The molecule has 0 saturated carbocycles. The molecule has 0 radical (unpaired) electrons. The minimum Gasteiger partial charge on any atom is -0.481 e. The summed E-state index contributed by atoms with van der Waals surface area (Å²) in [6.45, 7) is 3.03. The van der Waals surface area contributed by atoms with E-state index >= 15 is 0 Å². The number of hydrogen-bond acceptors (Lipinski definition) is 2. The second-order valence-corrected chi connectivity index (χ2v) is 4.80. The molecule has 96 valence electrons. The number of carboxylic acid groups (broad SMARTS) is 1. The topological polar surface area (TPSA) is 56.3 Å². The number of nitrogens with zero attached hydrogens (tertiary/aromatic N) is 1. The highest BCUT2D eigenvalue weighted by Crippen LogP contribution is 2.19. The van der Waals surface area contributed by atoms with Gasteiger partial charge in [-0.25, -0.2) is 0 Å². The van der Waals surface area contributed by atoms with Crippen LogP contribution in [0.25, 0.3) is 10.9 Å². The molecule has 4 heteroatoms. The molecule has 1 heterocycles. The molecule has 1 aromatic carbocycles. The number of fused-ring (bicyclic) bond motifs is 1. The van der Waals surface area contributed by atoms with Gasteiger partial charge in [-0.05, 0) is 18.7 Å². The monoisotopic (exact) mass is 246 g/mol. The molecule has 0 aliphatic heterocycles. The molecule has 0 spiro atoms. The van der Waals surface area contributed by atoms with Crippen molar-refractivity contribution in [3.05, 3.63) is 36.0 Å². The van der Waals surface area contributed by atoms with Gasteiger partial charge in [0, 0.05) is 30.2 Å². The first-order valence-electron chi connectivity index (χ1n) is 6.04. The van der Waals surface area contributed by atoms with Crippen molar-refractivity contribution in [1.29, 1.82) is 0 Å². The molecule has 0 aliphatic rings. The summed E-state index contributed by atoms with van der Waals surface area (Å²) in [6, 6.07) is 8.13. The quantitative estimate of drug-likeness (QED) is 0.851. The Kier molecular flexibility index (Phi) is 3.67. The number of H-pyrrole nitrogens is 1. The van der Waals surface area contributed by atoms with Crippen LogP contribution < -0.4 is 0 Å². The third-order valence-electron chi connectivity index (χ3n) is 3.12. The first-order chi connectivity index (χ1) is 8.58. The van der Waals surface area contributed by atoms with Crippen LogP contribution in [-0.2, 0) is 11.3 Å². The number of carbonyl (C=O) groups is 1. The zero-order valence-electron chi connectivity index (χ0n) is 10.7. The molecule has 0 fully saturated rings. The van der Waals surface area contributed by atoms with E-state index in [4.69, 9.17) is 5.11 Å². The van der Waals surface area contributed by atoms with Crippen molar-refractivity contribution < 1.29 is 9.90 Å². The van der Waals surface area contributed by atoms with E-state index in [9.17, 15) is 4.79 Å². The fraction of sp³-hybridized carbons (Fsp3) is 0.357. The van der Waals surface area contributed by atoms with Gasteiger partial charge >= 0.3 is 5.97 Å². The maximum Gasteiger partial charge on any atom is 0.307 e. The van der Waals surface area contributed by atoms with Crippen LogP contribution in [0, 0.1) is 5.92 Å². The molecule has 2 aromatic rings. The van der Waals surface area contributed by atoms with Crippen molar-refractivity contribution in [3.63, 3.8) is 0 Å². The van der Waals surface area contributed by atoms with E-state index in [1.165, 1.54) is 10.9 Å². The van der Waals surface area contributed by atoms with Gasteiger partial charge in [-0.15, -0.1) is 0 Å². The zero-order chi connectivity index (χ0) is 13.1. The first kappa shape index (κ1) is 12.6. The molecule has 2 N–H and O–H groups in total. The van der Waals surface area contributed by atoms with Gasteiger partial charge in [0.05, 0.1) is 5.92 Å². The molecule has 18 heavy (non-hydrogen) atoms. The van der Waals surface area contributed by atoms with Gasteiger partial charge in [0.25, 0.3) is 0 Å². The molecule has 1 aromatic heterocycles. The smallest absolute Gasteiger partial charge is 0.307 e. The van der Waals surface area contributed by atoms with E-state index in [1.54, 1.807) is 6.92 Å². The third kappa shape index (κ3) is 2.71. The minimum atomic E-state index is -0.749. The van der Waals surface area contributed by atoms with Crippen molar-refractivity contribution in [2.24, 2.45) is 5.92 Å². The van der Waals surface area contributed by atoms with E-state index < -0.39 is 5.97 Å². The predicted octanol–water partition coefficient (Wildman–Crippen LogP) is 2.32. The van der Waals surface area contributed by atoms with Gasteiger partial charge in [-0.1, -0.05) is 25.1 Å².